The van der Waals surface area contributed by atoms with Crippen LogP contribution in [0.15, 0.2) is 5.38 Å². The molecule has 94 valence electrons. The lowest BCUT2D eigenvalue weighted by Gasteiger charge is -2.00. The predicted molar refractivity (Wildman–Crippen MR) is 65.0 cm³/mol. The lowest BCUT2D eigenvalue weighted by Crippen LogP contribution is -2.16. The summed E-state index contributed by atoms with van der Waals surface area (Å²) in [6.07, 6.45) is 0.763. The molecule has 0 radical (unpaired) electrons. The average Bonchev–Trinajstić information content (AvgIpc) is 2.63. The largest absolute Gasteiger partial charge is 0.481 e. The third kappa shape index (κ3) is 5.98. The minimum atomic E-state index is -0.784. The van der Waals surface area contributed by atoms with Gasteiger partial charge in [0.05, 0.1) is 5.69 Å². The van der Waals surface area contributed by atoms with Crippen molar-refractivity contribution in [1.29, 1.82) is 0 Å². The maximum atomic E-state index is 10.8. The Bertz CT molecular complexity index is 392. The maximum absolute atomic E-state index is 10.8. The summed E-state index contributed by atoms with van der Waals surface area (Å²) in [4.78, 5) is 25.2. The van der Waals surface area contributed by atoms with E-state index in [0.29, 0.717) is 24.6 Å². The number of nitrogens with one attached hydrogen (secondary N) is 2. The predicted octanol–water partition coefficient (Wildman–Crippen LogP) is 1.06. The summed E-state index contributed by atoms with van der Waals surface area (Å²) < 4.78 is 0. The lowest BCUT2D eigenvalue weighted by atomic mass is 10.3. The Hall–Kier alpha value is -1.47. The molecule has 1 rings (SSSR count). The van der Waals surface area contributed by atoms with Crippen molar-refractivity contribution >= 4 is 28.3 Å². The fraction of sp³-hybridized carbons (Fsp3) is 0.500. The van der Waals surface area contributed by atoms with Crippen molar-refractivity contribution in [1.82, 2.24) is 10.3 Å². The van der Waals surface area contributed by atoms with Crippen LogP contribution in [0.1, 0.15) is 25.5 Å². The SMILES string of the molecule is CC(=O)Nc1nc(CNCCCC(=O)O)cs1. The fourth-order valence-electron chi connectivity index (χ4n) is 1.18. The molecule has 0 atom stereocenters. The van der Waals surface area contributed by atoms with E-state index in [1.807, 2.05) is 5.38 Å². The summed E-state index contributed by atoms with van der Waals surface area (Å²) >= 11 is 1.37. The molecule has 1 heterocycles. The van der Waals surface area contributed by atoms with E-state index in [9.17, 15) is 9.59 Å². The monoisotopic (exact) mass is 257 g/mol. The van der Waals surface area contributed by atoms with Crippen LogP contribution in [0.4, 0.5) is 5.13 Å². The van der Waals surface area contributed by atoms with Crippen molar-refractivity contribution in [3.63, 3.8) is 0 Å². The quantitative estimate of drug-likeness (QED) is 0.635. The minimum absolute atomic E-state index is 0.139. The van der Waals surface area contributed by atoms with Crippen LogP contribution in [0, 0.1) is 0 Å². The van der Waals surface area contributed by atoms with Gasteiger partial charge >= 0.3 is 5.97 Å². The highest BCUT2D eigenvalue weighted by atomic mass is 32.1. The van der Waals surface area contributed by atoms with Gasteiger partial charge in [0.25, 0.3) is 0 Å². The lowest BCUT2D eigenvalue weighted by molar-refractivity contribution is -0.137. The van der Waals surface area contributed by atoms with Crippen LogP contribution in [-0.4, -0.2) is 28.5 Å². The molecule has 0 spiro atoms. The summed E-state index contributed by atoms with van der Waals surface area (Å²) in [5.41, 5.74) is 0.842. The molecule has 0 saturated heterocycles. The number of carboxylic acid groups (broad SMARTS) is 1. The number of thiazole rings is 1. The average molecular weight is 257 g/mol. The molecule has 1 aromatic rings. The molecule has 0 fully saturated rings. The van der Waals surface area contributed by atoms with Crippen molar-refractivity contribution in [2.75, 3.05) is 11.9 Å². The van der Waals surface area contributed by atoms with E-state index in [0.717, 1.165) is 5.69 Å². The Labute approximate surface area is 103 Å². The second-order valence-corrected chi connectivity index (χ2v) is 4.36. The number of hydrogen-bond acceptors (Lipinski definition) is 5. The van der Waals surface area contributed by atoms with Gasteiger partial charge < -0.3 is 15.7 Å². The highest BCUT2D eigenvalue weighted by Crippen LogP contribution is 2.14. The summed E-state index contributed by atoms with van der Waals surface area (Å²) in [5.74, 6) is -0.922. The first-order chi connectivity index (χ1) is 8.08. The summed E-state index contributed by atoms with van der Waals surface area (Å²) in [6.45, 7) is 2.65. The van der Waals surface area contributed by atoms with Crippen LogP contribution < -0.4 is 10.6 Å². The van der Waals surface area contributed by atoms with Gasteiger partial charge in [0.2, 0.25) is 5.91 Å². The topological polar surface area (TPSA) is 91.3 Å². The minimum Gasteiger partial charge on any atom is -0.481 e. The van der Waals surface area contributed by atoms with E-state index in [1.54, 1.807) is 0 Å². The zero-order chi connectivity index (χ0) is 12.7. The number of carboxylic acids is 1. The molecule has 0 aliphatic heterocycles. The van der Waals surface area contributed by atoms with Crippen LogP contribution in [0.3, 0.4) is 0 Å². The van der Waals surface area contributed by atoms with Gasteiger partial charge in [-0.3, -0.25) is 9.59 Å². The molecule has 0 aromatic carbocycles. The molecule has 0 unspecified atom stereocenters. The third-order valence-corrected chi connectivity index (χ3v) is 2.69. The number of carbonyl (C=O) groups is 2. The number of aromatic nitrogens is 1. The number of amides is 1. The Kier molecular flexibility index (Phi) is 5.58. The zero-order valence-corrected chi connectivity index (χ0v) is 10.3. The zero-order valence-electron chi connectivity index (χ0n) is 9.52. The number of carbonyl (C=O) groups excluding carboxylic acids is 1. The highest BCUT2D eigenvalue weighted by molar-refractivity contribution is 7.13. The van der Waals surface area contributed by atoms with E-state index >= 15 is 0 Å². The summed E-state index contributed by atoms with van der Waals surface area (Å²) in [7, 11) is 0. The molecule has 0 bridgehead atoms. The third-order valence-electron chi connectivity index (χ3n) is 1.89. The fourth-order valence-corrected chi connectivity index (χ4v) is 1.93. The van der Waals surface area contributed by atoms with Gasteiger partial charge in [0, 0.05) is 25.3 Å². The van der Waals surface area contributed by atoms with Gasteiger partial charge in [0.1, 0.15) is 0 Å². The van der Waals surface area contributed by atoms with Gasteiger partial charge in [-0.15, -0.1) is 11.3 Å². The normalized spacial score (nSPS) is 10.2. The molecule has 0 aliphatic rings. The van der Waals surface area contributed by atoms with Crippen molar-refractivity contribution in [2.45, 2.75) is 26.3 Å². The molecule has 0 aliphatic carbocycles. The second-order valence-electron chi connectivity index (χ2n) is 3.50. The number of hydrogen-bond donors (Lipinski definition) is 3. The first-order valence-electron chi connectivity index (χ1n) is 5.22. The van der Waals surface area contributed by atoms with Crippen molar-refractivity contribution in [2.24, 2.45) is 0 Å². The van der Waals surface area contributed by atoms with E-state index in [-0.39, 0.29) is 12.3 Å². The number of rotatable bonds is 7. The molecule has 6 nitrogen and oxygen atoms in total. The van der Waals surface area contributed by atoms with Crippen LogP contribution in [-0.2, 0) is 16.1 Å². The first-order valence-corrected chi connectivity index (χ1v) is 6.10. The second kappa shape index (κ2) is 6.97. The van der Waals surface area contributed by atoms with Gasteiger partial charge in [0.15, 0.2) is 5.13 Å². The first kappa shape index (κ1) is 13.6. The van der Waals surface area contributed by atoms with Crippen LogP contribution >= 0.6 is 11.3 Å². The maximum Gasteiger partial charge on any atom is 0.303 e. The van der Waals surface area contributed by atoms with Crippen molar-refractivity contribution in [3.05, 3.63) is 11.1 Å². The molecular weight excluding hydrogens is 242 g/mol. The van der Waals surface area contributed by atoms with Gasteiger partial charge in [-0.05, 0) is 13.0 Å². The van der Waals surface area contributed by atoms with Gasteiger partial charge in [-0.1, -0.05) is 0 Å². The number of nitrogens with zero attached hydrogens (tertiary/aromatic N) is 1. The molecular formula is C10H15N3O3S. The Morgan fingerprint density at radius 2 is 2.29 bits per heavy atom. The van der Waals surface area contributed by atoms with Crippen LogP contribution in [0.2, 0.25) is 0 Å². The van der Waals surface area contributed by atoms with Crippen LogP contribution in [0.5, 0.6) is 0 Å². The molecule has 0 saturated carbocycles. The Morgan fingerprint density at radius 1 is 1.53 bits per heavy atom. The van der Waals surface area contributed by atoms with Gasteiger partial charge in [-0.2, -0.15) is 0 Å². The Balaban J connectivity index is 2.21. The molecule has 7 heteroatoms. The highest BCUT2D eigenvalue weighted by Gasteiger charge is 2.03. The number of anilines is 1. The van der Waals surface area contributed by atoms with E-state index in [2.05, 4.69) is 15.6 Å². The molecule has 3 N–H and O–H groups in total. The van der Waals surface area contributed by atoms with Crippen molar-refractivity contribution in [3.8, 4) is 0 Å². The van der Waals surface area contributed by atoms with Crippen molar-refractivity contribution < 1.29 is 14.7 Å². The molecule has 17 heavy (non-hydrogen) atoms. The molecule has 1 aromatic heterocycles. The van der Waals surface area contributed by atoms with Crippen LogP contribution in [0.25, 0.3) is 0 Å². The summed E-state index contributed by atoms with van der Waals surface area (Å²) in [6, 6.07) is 0. The standard InChI is InChI=1S/C10H15N3O3S/c1-7(14)12-10-13-8(6-17-10)5-11-4-2-3-9(15)16/h6,11H,2-5H2,1H3,(H,15,16)(H,12,13,14). The smallest absolute Gasteiger partial charge is 0.303 e. The van der Waals surface area contributed by atoms with E-state index in [1.165, 1.54) is 18.3 Å². The Morgan fingerprint density at radius 3 is 2.94 bits per heavy atom. The van der Waals surface area contributed by atoms with E-state index in [4.69, 9.17) is 5.11 Å². The summed E-state index contributed by atoms with van der Waals surface area (Å²) in [5, 5.41) is 16.6. The van der Waals surface area contributed by atoms with E-state index < -0.39 is 5.97 Å². The van der Waals surface area contributed by atoms with Gasteiger partial charge in [-0.25, -0.2) is 4.98 Å². The number of aliphatic carboxylic acids is 1. The molecule has 1 amide bonds.